The molecule has 0 aromatic heterocycles. The van der Waals surface area contributed by atoms with Crippen molar-refractivity contribution in [1.82, 2.24) is 9.80 Å². The van der Waals surface area contributed by atoms with Crippen molar-refractivity contribution in [3.63, 3.8) is 0 Å². The Morgan fingerprint density at radius 2 is 1.76 bits per heavy atom. The second-order valence-electron chi connectivity index (χ2n) is 5.77. The summed E-state index contributed by atoms with van der Waals surface area (Å²) < 4.78 is 15.6. The third-order valence-corrected chi connectivity index (χ3v) is 4.20. The van der Waals surface area contributed by atoms with Crippen LogP contribution >= 0.6 is 0 Å². The molecule has 0 atom stereocenters. The maximum Gasteiger partial charge on any atom is 0.409 e. The summed E-state index contributed by atoms with van der Waals surface area (Å²) in [6, 6.07) is 5.42. The van der Waals surface area contributed by atoms with Crippen molar-refractivity contribution in [3.05, 3.63) is 23.8 Å². The van der Waals surface area contributed by atoms with Gasteiger partial charge in [-0.2, -0.15) is 0 Å². The molecule has 1 aliphatic heterocycles. The summed E-state index contributed by atoms with van der Waals surface area (Å²) in [5.41, 5.74) is 0.790. The Kier molecular flexibility index (Phi) is 6.91. The van der Waals surface area contributed by atoms with E-state index in [-0.39, 0.29) is 18.4 Å². The zero-order valence-corrected chi connectivity index (χ0v) is 15.1. The van der Waals surface area contributed by atoms with E-state index in [1.165, 1.54) is 0 Å². The number of rotatable bonds is 5. The number of benzene rings is 1. The van der Waals surface area contributed by atoms with Crippen LogP contribution in [-0.2, 0) is 16.0 Å². The van der Waals surface area contributed by atoms with Gasteiger partial charge in [0.05, 0.1) is 27.2 Å². The molecule has 0 unspecified atom stereocenters. The molecule has 7 nitrogen and oxygen atoms in total. The van der Waals surface area contributed by atoms with E-state index in [0.29, 0.717) is 44.3 Å². The number of hydrogen-bond donors (Lipinski definition) is 0. The maximum atomic E-state index is 12.7. The van der Waals surface area contributed by atoms with Crippen LogP contribution in [0.15, 0.2) is 18.2 Å². The van der Waals surface area contributed by atoms with Gasteiger partial charge in [0.15, 0.2) is 0 Å². The van der Waals surface area contributed by atoms with Crippen LogP contribution < -0.4 is 9.47 Å². The molecule has 25 heavy (non-hydrogen) atoms. The van der Waals surface area contributed by atoms with Gasteiger partial charge in [0.25, 0.3) is 0 Å². The second kappa shape index (κ2) is 9.15. The van der Waals surface area contributed by atoms with Crippen molar-refractivity contribution < 1.29 is 23.8 Å². The molecule has 0 saturated carbocycles. The van der Waals surface area contributed by atoms with Gasteiger partial charge in [0, 0.05) is 31.7 Å². The molecule has 1 aromatic rings. The van der Waals surface area contributed by atoms with Crippen LogP contribution in [0, 0.1) is 0 Å². The Morgan fingerprint density at radius 3 is 2.44 bits per heavy atom. The number of ether oxygens (including phenoxy) is 3. The molecule has 7 heteroatoms. The average molecular weight is 350 g/mol. The summed E-state index contributed by atoms with van der Waals surface area (Å²) in [5.74, 6) is 1.36. The Balaban J connectivity index is 2.00. The number of methoxy groups -OCH3 is 2. The molecule has 0 N–H and O–H groups in total. The molecule has 138 valence electrons. The van der Waals surface area contributed by atoms with E-state index in [1.807, 2.05) is 6.07 Å². The molecule has 0 bridgehead atoms. The van der Waals surface area contributed by atoms with Crippen LogP contribution in [0.3, 0.4) is 0 Å². The molecule has 1 saturated heterocycles. The van der Waals surface area contributed by atoms with E-state index < -0.39 is 0 Å². The van der Waals surface area contributed by atoms with Crippen LogP contribution in [0.1, 0.15) is 18.9 Å². The van der Waals surface area contributed by atoms with Crippen LogP contribution in [0.2, 0.25) is 0 Å². The van der Waals surface area contributed by atoms with Crippen molar-refractivity contribution in [2.75, 3.05) is 47.0 Å². The second-order valence-corrected chi connectivity index (χ2v) is 5.77. The van der Waals surface area contributed by atoms with Gasteiger partial charge in [0.2, 0.25) is 5.91 Å². The first-order valence-electron chi connectivity index (χ1n) is 8.49. The standard InChI is InChI=1S/C18H26N2O5/c1-4-25-18(22)20-9-5-8-19(10-11-20)17(21)13-14-12-15(23-2)6-7-16(14)24-3/h6-7,12H,4-5,8-11,13H2,1-3H3. The lowest BCUT2D eigenvalue weighted by Crippen LogP contribution is -2.38. The minimum atomic E-state index is -0.314. The fraction of sp³-hybridized carbons (Fsp3) is 0.556. The van der Waals surface area contributed by atoms with Gasteiger partial charge in [0.1, 0.15) is 11.5 Å². The van der Waals surface area contributed by atoms with Crippen LogP contribution in [-0.4, -0.2) is 68.8 Å². The number of carbonyl (C=O) groups excluding carboxylic acids is 2. The zero-order valence-electron chi connectivity index (χ0n) is 15.1. The summed E-state index contributed by atoms with van der Waals surface area (Å²) in [6.07, 6.45) is 0.658. The highest BCUT2D eigenvalue weighted by molar-refractivity contribution is 5.80. The molecule has 0 spiro atoms. The van der Waals surface area contributed by atoms with Gasteiger partial charge < -0.3 is 24.0 Å². The highest BCUT2D eigenvalue weighted by atomic mass is 16.6. The van der Waals surface area contributed by atoms with Gasteiger partial charge >= 0.3 is 6.09 Å². The molecule has 1 heterocycles. The molecule has 0 radical (unpaired) electrons. The summed E-state index contributed by atoms with van der Waals surface area (Å²) in [4.78, 5) is 28.0. The highest BCUT2D eigenvalue weighted by Gasteiger charge is 2.23. The minimum Gasteiger partial charge on any atom is -0.497 e. The quantitative estimate of drug-likeness (QED) is 0.812. The average Bonchev–Trinajstić information content (AvgIpc) is 2.88. The lowest BCUT2D eigenvalue weighted by Gasteiger charge is -2.22. The molecule has 1 aliphatic rings. The Morgan fingerprint density at radius 1 is 1.04 bits per heavy atom. The molecule has 1 aromatic carbocycles. The van der Waals surface area contributed by atoms with E-state index in [0.717, 1.165) is 12.0 Å². The number of hydrogen-bond acceptors (Lipinski definition) is 5. The SMILES string of the molecule is CCOC(=O)N1CCCN(C(=O)Cc2cc(OC)ccc2OC)CC1. The first kappa shape index (κ1) is 18.9. The van der Waals surface area contributed by atoms with E-state index in [4.69, 9.17) is 14.2 Å². The molecule has 1 fully saturated rings. The molecule has 2 rings (SSSR count). The fourth-order valence-electron chi connectivity index (χ4n) is 2.86. The summed E-state index contributed by atoms with van der Waals surface area (Å²) in [6.45, 7) is 4.36. The third-order valence-electron chi connectivity index (χ3n) is 4.20. The van der Waals surface area contributed by atoms with Crippen LogP contribution in [0.25, 0.3) is 0 Å². The summed E-state index contributed by atoms with van der Waals surface area (Å²) in [7, 11) is 3.17. The van der Waals surface area contributed by atoms with Crippen LogP contribution in [0.5, 0.6) is 11.5 Å². The Labute approximate surface area is 148 Å². The number of nitrogens with zero attached hydrogens (tertiary/aromatic N) is 2. The van der Waals surface area contributed by atoms with Gasteiger partial charge in [-0.25, -0.2) is 4.79 Å². The lowest BCUT2D eigenvalue weighted by molar-refractivity contribution is -0.130. The first-order chi connectivity index (χ1) is 12.1. The highest BCUT2D eigenvalue weighted by Crippen LogP contribution is 2.25. The fourth-order valence-corrected chi connectivity index (χ4v) is 2.86. The normalized spacial score (nSPS) is 14.7. The topological polar surface area (TPSA) is 68.3 Å². The Bertz CT molecular complexity index is 605. The van der Waals surface area contributed by atoms with Crippen LogP contribution in [0.4, 0.5) is 4.79 Å². The zero-order chi connectivity index (χ0) is 18.2. The van der Waals surface area contributed by atoms with E-state index in [2.05, 4.69) is 0 Å². The van der Waals surface area contributed by atoms with E-state index in [9.17, 15) is 9.59 Å². The molecule has 2 amide bonds. The minimum absolute atomic E-state index is 0.0114. The van der Waals surface area contributed by atoms with Crippen molar-refractivity contribution >= 4 is 12.0 Å². The molecular formula is C18H26N2O5. The summed E-state index contributed by atoms with van der Waals surface area (Å²) >= 11 is 0. The lowest BCUT2D eigenvalue weighted by atomic mass is 10.1. The van der Waals surface area contributed by atoms with Gasteiger partial charge in [-0.05, 0) is 31.5 Å². The largest absolute Gasteiger partial charge is 0.497 e. The predicted octanol–water partition coefficient (Wildman–Crippen LogP) is 1.94. The third kappa shape index (κ3) is 5.01. The van der Waals surface area contributed by atoms with Crippen molar-refractivity contribution in [2.45, 2.75) is 19.8 Å². The van der Waals surface area contributed by atoms with Gasteiger partial charge in [-0.3, -0.25) is 4.79 Å². The van der Waals surface area contributed by atoms with Gasteiger partial charge in [-0.15, -0.1) is 0 Å². The maximum absolute atomic E-state index is 12.7. The molecular weight excluding hydrogens is 324 g/mol. The summed E-state index contributed by atoms with van der Waals surface area (Å²) in [5, 5.41) is 0. The van der Waals surface area contributed by atoms with Crippen molar-refractivity contribution in [3.8, 4) is 11.5 Å². The smallest absolute Gasteiger partial charge is 0.409 e. The van der Waals surface area contributed by atoms with E-state index in [1.54, 1.807) is 43.1 Å². The van der Waals surface area contributed by atoms with Crippen molar-refractivity contribution in [2.24, 2.45) is 0 Å². The predicted molar refractivity (Wildman–Crippen MR) is 93.0 cm³/mol. The number of amides is 2. The Hall–Kier alpha value is -2.44. The monoisotopic (exact) mass is 350 g/mol. The van der Waals surface area contributed by atoms with Crippen molar-refractivity contribution in [1.29, 1.82) is 0 Å². The number of carbonyl (C=O) groups is 2. The molecule has 0 aliphatic carbocycles. The van der Waals surface area contributed by atoms with Gasteiger partial charge in [-0.1, -0.05) is 0 Å². The first-order valence-corrected chi connectivity index (χ1v) is 8.49. The van der Waals surface area contributed by atoms with E-state index >= 15 is 0 Å².